The van der Waals surface area contributed by atoms with E-state index in [4.69, 9.17) is 11.6 Å². The summed E-state index contributed by atoms with van der Waals surface area (Å²) in [6, 6.07) is 3.84. The van der Waals surface area contributed by atoms with Crippen LogP contribution in [-0.4, -0.2) is 4.92 Å². The number of hydrogen-bond donors (Lipinski definition) is 0. The Bertz CT molecular complexity index is 542. The molecule has 1 aromatic carbocycles. The number of hydrogen-bond acceptors (Lipinski definition) is 3. The lowest BCUT2D eigenvalue weighted by Gasteiger charge is -2.02. The zero-order chi connectivity index (χ0) is 11.7. The zero-order valence-electron chi connectivity index (χ0n) is 7.81. The fraction of sp³-hybridized carbons (Fsp3) is 0. The molecule has 0 saturated carbocycles. The van der Waals surface area contributed by atoms with Crippen LogP contribution in [0.4, 0.5) is 10.1 Å². The van der Waals surface area contributed by atoms with E-state index < -0.39 is 10.7 Å². The van der Waals surface area contributed by atoms with E-state index in [2.05, 4.69) is 0 Å². The van der Waals surface area contributed by atoms with Gasteiger partial charge in [-0.2, -0.15) is 11.3 Å². The normalized spacial score (nSPS) is 10.4. The fourth-order valence-corrected chi connectivity index (χ4v) is 2.16. The summed E-state index contributed by atoms with van der Waals surface area (Å²) in [5, 5.41) is 14.2. The van der Waals surface area contributed by atoms with Crippen LogP contribution in [-0.2, 0) is 0 Å². The summed E-state index contributed by atoms with van der Waals surface area (Å²) in [4.78, 5) is 10.2. The zero-order valence-corrected chi connectivity index (χ0v) is 9.39. The molecular formula is C10H5ClFNO2S. The first-order valence-electron chi connectivity index (χ1n) is 4.25. The monoisotopic (exact) mass is 257 g/mol. The van der Waals surface area contributed by atoms with Crippen LogP contribution in [0.15, 0.2) is 29.0 Å². The summed E-state index contributed by atoms with van der Waals surface area (Å²) in [5.74, 6) is -0.785. The molecule has 16 heavy (non-hydrogen) atoms. The molecule has 3 nitrogen and oxygen atoms in total. The van der Waals surface area contributed by atoms with Crippen LogP contribution in [0, 0.1) is 15.9 Å². The second-order valence-corrected chi connectivity index (χ2v) is 4.24. The van der Waals surface area contributed by atoms with E-state index in [1.807, 2.05) is 0 Å². The van der Waals surface area contributed by atoms with Crippen LogP contribution < -0.4 is 0 Å². The Morgan fingerprint density at radius 3 is 2.75 bits per heavy atom. The summed E-state index contributed by atoms with van der Waals surface area (Å²) in [6.07, 6.45) is 0. The molecule has 0 bridgehead atoms. The van der Waals surface area contributed by atoms with E-state index in [1.54, 1.807) is 16.8 Å². The van der Waals surface area contributed by atoms with Crippen LogP contribution >= 0.6 is 22.9 Å². The summed E-state index contributed by atoms with van der Waals surface area (Å²) in [6.45, 7) is 0. The minimum absolute atomic E-state index is 0.119. The van der Waals surface area contributed by atoms with Gasteiger partial charge in [-0.1, -0.05) is 11.6 Å². The maximum absolute atomic E-state index is 13.1. The smallest absolute Gasteiger partial charge is 0.258 e. The van der Waals surface area contributed by atoms with E-state index in [0.717, 1.165) is 6.07 Å². The first kappa shape index (κ1) is 11.0. The summed E-state index contributed by atoms with van der Waals surface area (Å²) >= 11 is 7.02. The van der Waals surface area contributed by atoms with Crippen molar-refractivity contribution in [3.05, 3.63) is 49.9 Å². The Morgan fingerprint density at radius 1 is 1.44 bits per heavy atom. The van der Waals surface area contributed by atoms with Gasteiger partial charge in [0.05, 0.1) is 21.6 Å². The average Bonchev–Trinajstić information content (AvgIpc) is 2.74. The Balaban J connectivity index is 2.68. The molecule has 0 aliphatic carbocycles. The number of nitro groups is 1. The van der Waals surface area contributed by atoms with E-state index in [0.29, 0.717) is 11.1 Å². The number of nitro benzene ring substituents is 1. The molecule has 82 valence electrons. The highest BCUT2D eigenvalue weighted by Gasteiger charge is 2.19. The summed E-state index contributed by atoms with van der Waals surface area (Å²) < 4.78 is 13.1. The third-order valence-electron chi connectivity index (χ3n) is 2.07. The Labute approximate surface area is 99.3 Å². The molecule has 6 heteroatoms. The Hall–Kier alpha value is -1.46. The van der Waals surface area contributed by atoms with Crippen molar-refractivity contribution in [1.82, 2.24) is 0 Å². The van der Waals surface area contributed by atoms with Crippen molar-refractivity contribution in [2.24, 2.45) is 0 Å². The number of halogens is 2. The van der Waals surface area contributed by atoms with Gasteiger partial charge in [-0.3, -0.25) is 10.1 Å². The molecule has 0 aliphatic heterocycles. The van der Waals surface area contributed by atoms with Crippen LogP contribution in [0.3, 0.4) is 0 Å². The van der Waals surface area contributed by atoms with Crippen molar-refractivity contribution >= 4 is 28.6 Å². The molecule has 0 radical (unpaired) electrons. The molecule has 0 saturated heterocycles. The van der Waals surface area contributed by atoms with Crippen molar-refractivity contribution in [3.63, 3.8) is 0 Å². The number of thiophene rings is 1. The molecule has 0 atom stereocenters. The second-order valence-electron chi connectivity index (χ2n) is 3.05. The van der Waals surface area contributed by atoms with Crippen LogP contribution in [0.1, 0.15) is 0 Å². The van der Waals surface area contributed by atoms with Crippen LogP contribution in [0.25, 0.3) is 11.1 Å². The minimum Gasteiger partial charge on any atom is -0.258 e. The van der Waals surface area contributed by atoms with Gasteiger partial charge in [0, 0.05) is 0 Å². The molecule has 1 heterocycles. The van der Waals surface area contributed by atoms with E-state index in [1.165, 1.54) is 17.4 Å². The third kappa shape index (κ3) is 1.91. The van der Waals surface area contributed by atoms with Gasteiger partial charge in [0.1, 0.15) is 5.82 Å². The quantitative estimate of drug-likeness (QED) is 0.600. The molecule has 0 unspecified atom stereocenters. The lowest BCUT2D eigenvalue weighted by atomic mass is 10.1. The molecule has 0 fully saturated rings. The lowest BCUT2D eigenvalue weighted by molar-refractivity contribution is -0.384. The summed E-state index contributed by atoms with van der Waals surface area (Å²) in [5.41, 5.74) is 0.719. The highest BCUT2D eigenvalue weighted by Crippen LogP contribution is 2.34. The van der Waals surface area contributed by atoms with Crippen molar-refractivity contribution in [3.8, 4) is 11.1 Å². The predicted octanol–water partition coefficient (Wildman–Crippen LogP) is 4.12. The van der Waals surface area contributed by atoms with Gasteiger partial charge in [0.2, 0.25) is 0 Å². The minimum atomic E-state index is -0.785. The van der Waals surface area contributed by atoms with Gasteiger partial charge in [0.15, 0.2) is 0 Å². The predicted molar refractivity (Wildman–Crippen MR) is 61.4 cm³/mol. The standard InChI is InChI=1S/C10H5ClFNO2S/c11-8-3-7(6-1-2-16-5-6)10(13(14)15)4-9(8)12/h1-5H. The second kappa shape index (κ2) is 4.19. The molecule has 0 spiro atoms. The van der Waals surface area contributed by atoms with Gasteiger partial charge >= 0.3 is 0 Å². The molecule has 0 aliphatic rings. The van der Waals surface area contributed by atoms with Gasteiger partial charge in [0.25, 0.3) is 5.69 Å². The van der Waals surface area contributed by atoms with Crippen molar-refractivity contribution < 1.29 is 9.31 Å². The average molecular weight is 258 g/mol. The molecular weight excluding hydrogens is 253 g/mol. The Morgan fingerprint density at radius 2 is 2.19 bits per heavy atom. The van der Waals surface area contributed by atoms with E-state index in [9.17, 15) is 14.5 Å². The molecule has 2 rings (SSSR count). The largest absolute Gasteiger partial charge is 0.280 e. The molecule has 0 N–H and O–H groups in total. The third-order valence-corrected chi connectivity index (χ3v) is 3.04. The lowest BCUT2D eigenvalue weighted by Crippen LogP contribution is -1.93. The maximum atomic E-state index is 13.1. The van der Waals surface area contributed by atoms with Gasteiger partial charge in [-0.05, 0) is 28.5 Å². The van der Waals surface area contributed by atoms with Gasteiger partial charge < -0.3 is 0 Å². The summed E-state index contributed by atoms with van der Waals surface area (Å²) in [7, 11) is 0. The highest BCUT2D eigenvalue weighted by molar-refractivity contribution is 7.08. The Kier molecular flexibility index (Phi) is 2.89. The molecule has 0 amide bonds. The first-order chi connectivity index (χ1) is 7.59. The van der Waals surface area contributed by atoms with Crippen LogP contribution in [0.5, 0.6) is 0 Å². The van der Waals surface area contributed by atoms with Gasteiger partial charge in [-0.15, -0.1) is 0 Å². The fourth-order valence-electron chi connectivity index (χ4n) is 1.34. The molecule has 2 aromatic rings. The van der Waals surface area contributed by atoms with Crippen molar-refractivity contribution in [2.75, 3.05) is 0 Å². The maximum Gasteiger partial charge on any atom is 0.280 e. The first-order valence-corrected chi connectivity index (χ1v) is 5.57. The van der Waals surface area contributed by atoms with Crippen molar-refractivity contribution in [2.45, 2.75) is 0 Å². The molecule has 1 aromatic heterocycles. The number of nitrogens with zero attached hydrogens (tertiary/aromatic N) is 1. The highest BCUT2D eigenvalue weighted by atomic mass is 35.5. The number of rotatable bonds is 2. The van der Waals surface area contributed by atoms with E-state index in [-0.39, 0.29) is 10.7 Å². The SMILES string of the molecule is O=[N+]([O-])c1cc(F)c(Cl)cc1-c1ccsc1. The van der Waals surface area contributed by atoms with Crippen LogP contribution in [0.2, 0.25) is 5.02 Å². The van der Waals surface area contributed by atoms with E-state index >= 15 is 0 Å². The van der Waals surface area contributed by atoms with Crippen molar-refractivity contribution in [1.29, 1.82) is 0 Å². The topological polar surface area (TPSA) is 43.1 Å². The number of benzene rings is 1. The van der Waals surface area contributed by atoms with Gasteiger partial charge in [-0.25, -0.2) is 4.39 Å².